The highest BCUT2D eigenvalue weighted by Gasteiger charge is 2.41. The van der Waals surface area contributed by atoms with Crippen molar-refractivity contribution in [2.45, 2.75) is 71.6 Å². The quantitative estimate of drug-likeness (QED) is 0.597. The van der Waals surface area contributed by atoms with Gasteiger partial charge in [0.05, 0.1) is 0 Å². The van der Waals surface area contributed by atoms with Gasteiger partial charge < -0.3 is 0 Å². The highest BCUT2D eigenvalue weighted by molar-refractivity contribution is 4.92. The summed E-state index contributed by atoms with van der Waals surface area (Å²) in [6.07, 6.45) is 13.7. The molecule has 0 aromatic rings. The minimum atomic E-state index is 1.18. The molecule has 0 nitrogen and oxygen atoms in total. The molecule has 0 heterocycles. The molecular weight excluding hydrogens is 180 g/mol. The Labute approximate surface area is 95.8 Å². The van der Waals surface area contributed by atoms with Gasteiger partial charge in [-0.05, 0) is 62.2 Å². The van der Waals surface area contributed by atoms with Crippen molar-refractivity contribution in [2.75, 3.05) is 0 Å². The van der Waals surface area contributed by atoms with Gasteiger partial charge in [-0.1, -0.05) is 33.1 Å². The average molecular weight is 208 g/mol. The highest BCUT2D eigenvalue weighted by atomic mass is 14.5. The first-order chi connectivity index (χ1) is 7.31. The van der Waals surface area contributed by atoms with Gasteiger partial charge in [0.2, 0.25) is 0 Å². The molecule has 0 spiro atoms. The lowest BCUT2D eigenvalue weighted by Crippen LogP contribution is -2.38. The van der Waals surface area contributed by atoms with E-state index < -0.39 is 0 Å². The summed E-state index contributed by atoms with van der Waals surface area (Å²) in [4.78, 5) is 0. The zero-order valence-corrected chi connectivity index (χ0v) is 10.7. The molecule has 0 atom stereocenters. The van der Waals surface area contributed by atoms with Crippen LogP contribution < -0.4 is 0 Å². The van der Waals surface area contributed by atoms with Gasteiger partial charge in [0.25, 0.3) is 0 Å². The van der Waals surface area contributed by atoms with Crippen LogP contribution >= 0.6 is 0 Å². The second-order valence-electron chi connectivity index (χ2n) is 6.23. The van der Waals surface area contributed by atoms with Crippen molar-refractivity contribution in [3.8, 4) is 0 Å². The van der Waals surface area contributed by atoms with E-state index in [2.05, 4.69) is 13.8 Å². The Hall–Kier alpha value is 0. The van der Waals surface area contributed by atoms with E-state index in [4.69, 9.17) is 0 Å². The molecule has 4 fully saturated rings. The van der Waals surface area contributed by atoms with Crippen LogP contribution in [-0.2, 0) is 0 Å². The Balaban J connectivity index is 0.000000149. The molecule has 0 amide bonds. The summed E-state index contributed by atoms with van der Waals surface area (Å²) in [6, 6.07) is 0. The first-order valence-electron chi connectivity index (χ1n) is 7.31. The fourth-order valence-corrected chi connectivity index (χ4v) is 4.34. The van der Waals surface area contributed by atoms with Gasteiger partial charge in [-0.15, -0.1) is 0 Å². The van der Waals surface area contributed by atoms with E-state index in [1.165, 1.54) is 42.9 Å². The van der Waals surface area contributed by atoms with Crippen molar-refractivity contribution < 1.29 is 0 Å². The van der Waals surface area contributed by atoms with Crippen LogP contribution in [0.15, 0.2) is 0 Å². The van der Waals surface area contributed by atoms with Gasteiger partial charge in [-0.3, -0.25) is 0 Å². The van der Waals surface area contributed by atoms with Gasteiger partial charge >= 0.3 is 0 Å². The lowest BCUT2D eigenvalue weighted by atomic mass is 9.56. The Kier molecular flexibility index (Phi) is 4.11. The van der Waals surface area contributed by atoms with E-state index in [1.807, 2.05) is 0 Å². The van der Waals surface area contributed by atoms with Crippen molar-refractivity contribution in [2.24, 2.45) is 23.7 Å². The van der Waals surface area contributed by atoms with Crippen LogP contribution in [0.25, 0.3) is 0 Å². The molecular formula is C15H28. The van der Waals surface area contributed by atoms with Crippen LogP contribution in [-0.4, -0.2) is 0 Å². The molecule has 4 saturated carbocycles. The van der Waals surface area contributed by atoms with E-state index in [0.717, 1.165) is 0 Å². The van der Waals surface area contributed by atoms with Gasteiger partial charge in [-0.25, -0.2) is 0 Å². The monoisotopic (exact) mass is 208 g/mol. The summed E-state index contributed by atoms with van der Waals surface area (Å²) in [5.74, 6) is 4.71. The molecule has 0 saturated heterocycles. The van der Waals surface area contributed by atoms with E-state index in [-0.39, 0.29) is 0 Å². The molecule has 4 rings (SSSR count). The molecule has 15 heavy (non-hydrogen) atoms. The molecule has 0 aromatic carbocycles. The maximum atomic E-state index is 2.21. The molecule has 4 aliphatic carbocycles. The molecule has 4 aliphatic rings. The fourth-order valence-electron chi connectivity index (χ4n) is 4.34. The molecule has 0 aliphatic heterocycles. The van der Waals surface area contributed by atoms with Crippen LogP contribution in [0.3, 0.4) is 0 Å². The molecule has 4 bridgehead atoms. The van der Waals surface area contributed by atoms with E-state index >= 15 is 0 Å². The summed E-state index contributed by atoms with van der Waals surface area (Å²) in [7, 11) is 0. The third kappa shape index (κ3) is 2.98. The van der Waals surface area contributed by atoms with Crippen molar-refractivity contribution in [1.82, 2.24) is 0 Å². The van der Waals surface area contributed by atoms with Crippen molar-refractivity contribution >= 4 is 0 Å². The maximum Gasteiger partial charge on any atom is -0.0406 e. The van der Waals surface area contributed by atoms with Crippen LogP contribution in [0, 0.1) is 23.7 Å². The topological polar surface area (TPSA) is 0 Å². The lowest BCUT2D eigenvalue weighted by molar-refractivity contribution is 0.0198. The first-order valence-corrected chi connectivity index (χ1v) is 7.31. The predicted octanol–water partition coefficient (Wildman–Crippen LogP) is 5.03. The summed E-state index contributed by atoms with van der Waals surface area (Å²) in [5.41, 5.74) is 0. The standard InChI is InChI=1S/C10H16.C5H12/c1-7-2-9-4-8(1)5-10(3-7)6-9;1-3-5-4-2/h7-10H,1-6H2;3-5H2,1-2H3. The van der Waals surface area contributed by atoms with Gasteiger partial charge in [0.15, 0.2) is 0 Å². The second kappa shape index (κ2) is 5.37. The third-order valence-electron chi connectivity index (χ3n) is 4.71. The number of hydrogen-bond acceptors (Lipinski definition) is 0. The molecule has 0 N–H and O–H groups in total. The Morgan fingerprint density at radius 3 is 1.00 bits per heavy atom. The molecule has 0 unspecified atom stereocenters. The first kappa shape index (κ1) is 11.5. The normalized spacial score (nSPS) is 41.2. The number of rotatable bonds is 2. The van der Waals surface area contributed by atoms with Crippen molar-refractivity contribution in [3.05, 3.63) is 0 Å². The minimum Gasteiger partial charge on any atom is -0.0654 e. The summed E-state index contributed by atoms with van der Waals surface area (Å²) in [5, 5.41) is 0. The van der Waals surface area contributed by atoms with Gasteiger partial charge in [0, 0.05) is 0 Å². The smallest absolute Gasteiger partial charge is 0.0406 e. The number of hydrogen-bond donors (Lipinski definition) is 0. The second-order valence-corrected chi connectivity index (χ2v) is 6.23. The van der Waals surface area contributed by atoms with E-state index in [1.54, 1.807) is 38.5 Å². The van der Waals surface area contributed by atoms with Gasteiger partial charge in [0.1, 0.15) is 0 Å². The van der Waals surface area contributed by atoms with Crippen LogP contribution in [0.5, 0.6) is 0 Å². The molecule has 0 aromatic heterocycles. The Morgan fingerprint density at radius 2 is 0.867 bits per heavy atom. The van der Waals surface area contributed by atoms with Crippen LogP contribution in [0.4, 0.5) is 0 Å². The molecule has 0 heteroatoms. The zero-order chi connectivity index (χ0) is 10.7. The van der Waals surface area contributed by atoms with E-state index in [9.17, 15) is 0 Å². The van der Waals surface area contributed by atoms with Crippen LogP contribution in [0.1, 0.15) is 71.6 Å². The molecule has 0 radical (unpaired) electrons. The fraction of sp³-hybridized carbons (Fsp3) is 1.00. The highest BCUT2D eigenvalue weighted by Crippen LogP contribution is 2.53. The van der Waals surface area contributed by atoms with Gasteiger partial charge in [-0.2, -0.15) is 0 Å². The lowest BCUT2D eigenvalue weighted by Gasteiger charge is -2.49. The summed E-state index contributed by atoms with van der Waals surface area (Å²) < 4.78 is 0. The summed E-state index contributed by atoms with van der Waals surface area (Å²) >= 11 is 0. The number of unbranched alkanes of at least 4 members (excludes halogenated alkanes) is 2. The predicted molar refractivity (Wildman–Crippen MR) is 66.9 cm³/mol. The SMILES string of the molecule is C1C2CC3CC1CC(C2)C3.CCCCC. The van der Waals surface area contributed by atoms with E-state index in [0.29, 0.717) is 0 Å². The molecule has 88 valence electrons. The minimum absolute atomic E-state index is 1.18. The summed E-state index contributed by atoms with van der Waals surface area (Å²) in [6.45, 7) is 4.42. The largest absolute Gasteiger partial charge is 0.0654 e. The Bertz CT molecular complexity index is 124. The maximum absolute atomic E-state index is 2.21. The van der Waals surface area contributed by atoms with Crippen LogP contribution in [0.2, 0.25) is 0 Å². The van der Waals surface area contributed by atoms with Crippen molar-refractivity contribution in [3.63, 3.8) is 0 Å². The zero-order valence-electron chi connectivity index (χ0n) is 10.7. The Morgan fingerprint density at radius 1 is 0.600 bits per heavy atom. The van der Waals surface area contributed by atoms with Crippen molar-refractivity contribution in [1.29, 1.82) is 0 Å². The third-order valence-corrected chi connectivity index (χ3v) is 4.71. The average Bonchev–Trinajstić information content (AvgIpc) is 2.17.